The van der Waals surface area contributed by atoms with Gasteiger partial charge in [-0.3, -0.25) is 4.79 Å². The number of carbonyl (C=O) groups is 2. The Kier molecular flexibility index (Phi) is 6.28. The molecule has 0 radical (unpaired) electrons. The van der Waals surface area contributed by atoms with Gasteiger partial charge in [-0.25, -0.2) is 9.69 Å². The van der Waals surface area contributed by atoms with Crippen LogP contribution in [-0.2, 0) is 14.2 Å². The van der Waals surface area contributed by atoms with Crippen molar-refractivity contribution in [2.45, 2.75) is 70.6 Å². The lowest BCUT2D eigenvalue weighted by Gasteiger charge is -2.39. The summed E-state index contributed by atoms with van der Waals surface area (Å²) in [5, 5.41) is 10.5. The lowest BCUT2D eigenvalue weighted by molar-refractivity contribution is -0.195. The first-order valence-electron chi connectivity index (χ1n) is 11.3. The number of carbonyl (C=O) groups excluding carboxylic acids is 2. The normalized spacial score (nSPS) is 25.4. The van der Waals surface area contributed by atoms with Gasteiger partial charge in [-0.2, -0.15) is 0 Å². The van der Waals surface area contributed by atoms with Crippen molar-refractivity contribution in [3.63, 3.8) is 0 Å². The molecule has 9 nitrogen and oxygen atoms in total. The minimum Gasteiger partial charge on any atom is -0.504 e. The maximum Gasteiger partial charge on any atom is 0.417 e. The van der Waals surface area contributed by atoms with E-state index in [9.17, 15) is 14.7 Å². The molecule has 0 aromatic heterocycles. The molecule has 3 heterocycles. The maximum atomic E-state index is 13.6. The average molecular weight is 461 g/mol. The molecule has 0 spiro atoms. The Labute approximate surface area is 193 Å². The number of fused-ring (bicyclic) bond motifs is 2. The first kappa shape index (κ1) is 23.4. The number of phenolic OH excluding ortho intramolecular Hbond substituents is 1. The highest BCUT2D eigenvalue weighted by Crippen LogP contribution is 2.42. The van der Waals surface area contributed by atoms with Crippen LogP contribution in [0.2, 0.25) is 0 Å². The highest BCUT2D eigenvalue weighted by molar-refractivity contribution is 6.06. The van der Waals surface area contributed by atoms with Crippen LogP contribution in [0.4, 0.5) is 10.5 Å². The minimum atomic E-state index is -0.889. The fourth-order valence-electron chi connectivity index (χ4n) is 4.50. The zero-order valence-corrected chi connectivity index (χ0v) is 19.6. The van der Waals surface area contributed by atoms with Crippen LogP contribution in [0.15, 0.2) is 24.3 Å². The van der Waals surface area contributed by atoms with E-state index < -0.39 is 30.3 Å². The number of hydrogen-bond donors (Lipinski definition) is 1. The Balaban J connectivity index is 1.86. The van der Waals surface area contributed by atoms with Crippen LogP contribution in [0.25, 0.3) is 0 Å². The Morgan fingerprint density at radius 2 is 2.03 bits per heavy atom. The second kappa shape index (κ2) is 8.87. The predicted molar refractivity (Wildman–Crippen MR) is 120 cm³/mol. The van der Waals surface area contributed by atoms with Gasteiger partial charge in [0.15, 0.2) is 24.0 Å². The topological polar surface area (TPSA) is 97.8 Å². The molecule has 2 unspecified atom stereocenters. The van der Waals surface area contributed by atoms with Crippen molar-refractivity contribution in [3.8, 4) is 11.5 Å². The largest absolute Gasteiger partial charge is 0.504 e. The molecule has 0 aliphatic carbocycles. The molecule has 2 amide bonds. The summed E-state index contributed by atoms with van der Waals surface area (Å²) in [5.41, 5.74) is 0.497. The number of nitrogens with zero attached hydrogens (tertiary/aromatic N) is 2. The number of rotatable bonds is 3. The molecular formula is C24H32N2O7. The third kappa shape index (κ3) is 4.65. The zero-order valence-electron chi connectivity index (χ0n) is 19.6. The Hall–Kier alpha value is -2.78. The van der Waals surface area contributed by atoms with Crippen LogP contribution in [0.1, 0.15) is 56.8 Å². The average Bonchev–Trinajstić information content (AvgIpc) is 3.10. The summed E-state index contributed by atoms with van der Waals surface area (Å²) in [6.45, 7) is 10.3. The molecule has 3 aliphatic rings. The molecule has 0 bridgehead atoms. The van der Waals surface area contributed by atoms with Crippen molar-refractivity contribution in [1.29, 1.82) is 0 Å². The zero-order chi connectivity index (χ0) is 23.9. The number of anilines is 1. The van der Waals surface area contributed by atoms with Gasteiger partial charge in [0.25, 0.3) is 5.91 Å². The molecule has 3 atom stereocenters. The van der Waals surface area contributed by atoms with Gasteiger partial charge in [-0.15, -0.1) is 0 Å². The summed E-state index contributed by atoms with van der Waals surface area (Å²) < 4.78 is 23.1. The predicted octanol–water partition coefficient (Wildman–Crippen LogP) is 3.80. The van der Waals surface area contributed by atoms with Crippen molar-refractivity contribution in [1.82, 2.24) is 4.90 Å². The van der Waals surface area contributed by atoms with Crippen molar-refractivity contribution in [2.24, 2.45) is 0 Å². The van der Waals surface area contributed by atoms with E-state index in [2.05, 4.69) is 6.58 Å². The summed E-state index contributed by atoms with van der Waals surface area (Å²) in [6, 6.07) is 2.32. The van der Waals surface area contributed by atoms with Gasteiger partial charge in [0.05, 0.1) is 24.4 Å². The van der Waals surface area contributed by atoms with E-state index in [4.69, 9.17) is 18.9 Å². The SMILES string of the molecule is C=C1CC2[C@H](OC3CCCCO3)N(C(=O)OC(C)(C)C)c3cc(O)c(OC)cc3C(=O)N2C1. The third-order valence-corrected chi connectivity index (χ3v) is 5.94. The van der Waals surface area contributed by atoms with Crippen molar-refractivity contribution < 1.29 is 33.6 Å². The number of methoxy groups -OCH3 is 1. The lowest BCUT2D eigenvalue weighted by atomic mass is 10.1. The Morgan fingerprint density at radius 3 is 2.67 bits per heavy atom. The van der Waals surface area contributed by atoms with E-state index in [1.165, 1.54) is 24.1 Å². The molecule has 2 fully saturated rings. The summed E-state index contributed by atoms with van der Waals surface area (Å²) in [4.78, 5) is 30.2. The van der Waals surface area contributed by atoms with Crippen LogP contribution < -0.4 is 9.64 Å². The van der Waals surface area contributed by atoms with Crippen molar-refractivity contribution >= 4 is 17.7 Å². The number of phenols is 1. The second-order valence-electron chi connectivity index (χ2n) is 9.67. The van der Waals surface area contributed by atoms with Crippen LogP contribution in [0.5, 0.6) is 11.5 Å². The van der Waals surface area contributed by atoms with Crippen LogP contribution in [-0.4, -0.2) is 66.4 Å². The number of benzene rings is 1. The highest BCUT2D eigenvalue weighted by Gasteiger charge is 2.49. The first-order valence-corrected chi connectivity index (χ1v) is 11.3. The number of aromatic hydroxyl groups is 1. The van der Waals surface area contributed by atoms with Crippen molar-refractivity contribution in [2.75, 3.05) is 25.2 Å². The van der Waals surface area contributed by atoms with Gasteiger partial charge in [0.1, 0.15) is 5.60 Å². The van der Waals surface area contributed by atoms with Gasteiger partial charge in [0.2, 0.25) is 0 Å². The first-order chi connectivity index (χ1) is 15.6. The van der Waals surface area contributed by atoms with Gasteiger partial charge < -0.3 is 29.0 Å². The molecule has 9 heteroatoms. The maximum absolute atomic E-state index is 13.6. The Morgan fingerprint density at radius 1 is 1.27 bits per heavy atom. The number of amides is 2. The van der Waals surface area contributed by atoms with Crippen LogP contribution >= 0.6 is 0 Å². The number of hydrogen-bond acceptors (Lipinski definition) is 7. The van der Waals surface area contributed by atoms with E-state index in [1.54, 1.807) is 25.7 Å². The third-order valence-electron chi connectivity index (χ3n) is 5.94. The van der Waals surface area contributed by atoms with Gasteiger partial charge in [0, 0.05) is 19.2 Å². The molecule has 0 saturated carbocycles. The Bertz CT molecular complexity index is 949. The van der Waals surface area contributed by atoms with Crippen LogP contribution in [0.3, 0.4) is 0 Å². The monoisotopic (exact) mass is 460 g/mol. The summed E-state index contributed by atoms with van der Waals surface area (Å²) in [5.74, 6) is -0.358. The highest BCUT2D eigenvalue weighted by atomic mass is 16.7. The summed E-state index contributed by atoms with van der Waals surface area (Å²) in [7, 11) is 1.40. The molecule has 1 aromatic carbocycles. The lowest BCUT2D eigenvalue weighted by Crippen LogP contribution is -2.54. The summed E-state index contributed by atoms with van der Waals surface area (Å²) >= 11 is 0. The van der Waals surface area contributed by atoms with E-state index in [0.29, 0.717) is 26.0 Å². The molecule has 180 valence electrons. The van der Waals surface area contributed by atoms with Gasteiger partial charge in [-0.05, 0) is 52.5 Å². The smallest absolute Gasteiger partial charge is 0.417 e. The number of ether oxygens (including phenoxy) is 4. The van der Waals surface area contributed by atoms with E-state index >= 15 is 0 Å². The molecular weight excluding hydrogens is 428 g/mol. The van der Waals surface area contributed by atoms with E-state index in [1.807, 2.05) is 0 Å². The molecule has 3 aliphatic heterocycles. The minimum absolute atomic E-state index is 0.135. The standard InChI is InChI=1S/C24H32N2O7/c1-14-10-17-22(32-20-8-6-7-9-31-20)26(23(29)33-24(2,3)4)16-12-18(27)19(30-5)11-15(16)21(28)25(17)13-14/h11-12,17,20,22,27H,1,6-10,13H2,2-5H3/t17?,20?,22-/m0/s1. The van der Waals surface area contributed by atoms with Crippen molar-refractivity contribution in [3.05, 3.63) is 29.8 Å². The molecule has 1 N–H and O–H groups in total. The van der Waals surface area contributed by atoms with Gasteiger partial charge in [-0.1, -0.05) is 12.2 Å². The summed E-state index contributed by atoms with van der Waals surface area (Å²) in [6.07, 6.45) is 0.954. The molecule has 4 rings (SSSR count). The fraction of sp³-hybridized carbons (Fsp3) is 0.583. The molecule has 33 heavy (non-hydrogen) atoms. The van der Waals surface area contributed by atoms with Gasteiger partial charge >= 0.3 is 6.09 Å². The van der Waals surface area contributed by atoms with E-state index in [0.717, 1.165) is 18.4 Å². The quantitative estimate of drug-likeness (QED) is 0.685. The molecule has 1 aromatic rings. The fourth-order valence-corrected chi connectivity index (χ4v) is 4.50. The second-order valence-corrected chi connectivity index (χ2v) is 9.67. The van der Waals surface area contributed by atoms with E-state index in [-0.39, 0.29) is 28.7 Å². The molecule has 2 saturated heterocycles. The van der Waals surface area contributed by atoms with Crippen LogP contribution in [0, 0.1) is 0 Å².